The van der Waals surface area contributed by atoms with Gasteiger partial charge in [-0.2, -0.15) is 0 Å². The molecule has 1 aromatic rings. The molecule has 0 amide bonds. The lowest BCUT2D eigenvalue weighted by Crippen LogP contribution is -2.44. The Balaban J connectivity index is 1.74. The van der Waals surface area contributed by atoms with Gasteiger partial charge in [-0.25, -0.2) is 4.98 Å². The molecule has 0 aliphatic carbocycles. The van der Waals surface area contributed by atoms with Gasteiger partial charge < -0.3 is 10.2 Å². The fourth-order valence-electron chi connectivity index (χ4n) is 2.71. The maximum absolute atomic E-state index is 4.36. The number of fused-ring (bicyclic) bond motifs is 1. The van der Waals surface area contributed by atoms with Gasteiger partial charge in [-0.3, -0.25) is 4.98 Å². The minimum absolute atomic E-state index is 0.748. The Hall–Kier alpha value is -1.16. The van der Waals surface area contributed by atoms with E-state index in [1.54, 1.807) is 12.4 Å². The van der Waals surface area contributed by atoms with Gasteiger partial charge in [-0.05, 0) is 25.3 Å². The summed E-state index contributed by atoms with van der Waals surface area (Å²) in [6.07, 6.45) is 7.91. The first kappa shape index (κ1) is 9.09. The second kappa shape index (κ2) is 3.77. The van der Waals surface area contributed by atoms with Crippen molar-refractivity contribution in [3.8, 4) is 0 Å². The topological polar surface area (TPSA) is 41.1 Å². The van der Waals surface area contributed by atoms with Crippen molar-refractivity contribution in [3.63, 3.8) is 0 Å². The van der Waals surface area contributed by atoms with Gasteiger partial charge in [0.15, 0.2) is 0 Å². The van der Waals surface area contributed by atoms with Crippen LogP contribution in [0.25, 0.3) is 0 Å². The second-order valence-electron chi connectivity index (χ2n) is 4.41. The Bertz CT molecular complexity index is 327. The van der Waals surface area contributed by atoms with Gasteiger partial charge in [0.25, 0.3) is 0 Å². The van der Waals surface area contributed by atoms with Gasteiger partial charge in [0.1, 0.15) is 5.82 Å². The van der Waals surface area contributed by atoms with Crippen LogP contribution in [-0.2, 0) is 0 Å². The smallest absolute Gasteiger partial charge is 0.147 e. The van der Waals surface area contributed by atoms with Gasteiger partial charge in [-0.15, -0.1) is 0 Å². The number of piperidine rings is 1. The summed E-state index contributed by atoms with van der Waals surface area (Å²) < 4.78 is 0. The van der Waals surface area contributed by atoms with Gasteiger partial charge in [0.2, 0.25) is 0 Å². The largest absolute Gasteiger partial charge is 0.355 e. The first-order valence-corrected chi connectivity index (χ1v) is 5.68. The van der Waals surface area contributed by atoms with E-state index in [-0.39, 0.29) is 0 Å². The lowest BCUT2D eigenvalue weighted by Gasteiger charge is -2.35. The van der Waals surface area contributed by atoms with Crippen LogP contribution in [0.15, 0.2) is 18.6 Å². The normalized spacial score (nSPS) is 30.3. The molecule has 1 aromatic heterocycles. The molecule has 0 radical (unpaired) electrons. The average molecular weight is 204 g/mol. The van der Waals surface area contributed by atoms with Gasteiger partial charge in [0, 0.05) is 31.5 Å². The first-order valence-electron chi connectivity index (χ1n) is 5.68. The third-order valence-corrected chi connectivity index (χ3v) is 3.53. The van der Waals surface area contributed by atoms with E-state index in [4.69, 9.17) is 0 Å². The third-order valence-electron chi connectivity index (χ3n) is 3.53. The van der Waals surface area contributed by atoms with E-state index in [9.17, 15) is 0 Å². The monoisotopic (exact) mass is 204 g/mol. The van der Waals surface area contributed by atoms with Crippen molar-refractivity contribution in [2.45, 2.75) is 18.9 Å². The SMILES string of the molecule is c1cnc(N2CCC3NCCC3C2)cn1. The van der Waals surface area contributed by atoms with Gasteiger partial charge >= 0.3 is 0 Å². The molecule has 2 aliphatic heterocycles. The van der Waals surface area contributed by atoms with Crippen LogP contribution in [0.1, 0.15) is 12.8 Å². The van der Waals surface area contributed by atoms with E-state index in [2.05, 4.69) is 20.2 Å². The molecule has 3 heterocycles. The lowest BCUT2D eigenvalue weighted by molar-refractivity contribution is 0.375. The van der Waals surface area contributed by atoms with Crippen molar-refractivity contribution < 1.29 is 0 Å². The van der Waals surface area contributed by atoms with Crippen LogP contribution in [0, 0.1) is 5.92 Å². The molecule has 15 heavy (non-hydrogen) atoms. The molecular weight excluding hydrogens is 188 g/mol. The number of anilines is 1. The van der Waals surface area contributed by atoms with E-state index >= 15 is 0 Å². The van der Waals surface area contributed by atoms with Crippen LogP contribution in [0.4, 0.5) is 5.82 Å². The maximum atomic E-state index is 4.36. The maximum Gasteiger partial charge on any atom is 0.147 e. The Morgan fingerprint density at radius 2 is 2.33 bits per heavy atom. The summed E-state index contributed by atoms with van der Waals surface area (Å²) in [5.41, 5.74) is 0. The highest BCUT2D eigenvalue weighted by Crippen LogP contribution is 2.26. The summed E-state index contributed by atoms with van der Waals surface area (Å²) in [6.45, 7) is 3.42. The minimum Gasteiger partial charge on any atom is -0.355 e. The standard InChI is InChI=1S/C11H16N4/c1-3-13-10-2-6-15(8-9(1)10)11-7-12-4-5-14-11/h4-5,7,9-10,13H,1-3,6,8H2. The molecule has 2 saturated heterocycles. The molecule has 4 heteroatoms. The summed E-state index contributed by atoms with van der Waals surface area (Å²) in [5.74, 6) is 1.84. The summed E-state index contributed by atoms with van der Waals surface area (Å²) >= 11 is 0. The number of nitrogens with zero attached hydrogens (tertiary/aromatic N) is 3. The van der Waals surface area contributed by atoms with Crippen LogP contribution in [0.2, 0.25) is 0 Å². The highest BCUT2D eigenvalue weighted by atomic mass is 15.2. The molecule has 80 valence electrons. The van der Waals surface area contributed by atoms with E-state index in [0.717, 1.165) is 30.9 Å². The van der Waals surface area contributed by atoms with E-state index < -0.39 is 0 Å². The number of hydrogen-bond acceptors (Lipinski definition) is 4. The van der Waals surface area contributed by atoms with Crippen LogP contribution in [0.3, 0.4) is 0 Å². The fourth-order valence-corrected chi connectivity index (χ4v) is 2.71. The van der Waals surface area contributed by atoms with Crippen molar-refractivity contribution >= 4 is 5.82 Å². The van der Waals surface area contributed by atoms with Crippen molar-refractivity contribution in [2.75, 3.05) is 24.5 Å². The quantitative estimate of drug-likeness (QED) is 0.730. The van der Waals surface area contributed by atoms with Crippen LogP contribution in [-0.4, -0.2) is 35.6 Å². The molecule has 0 saturated carbocycles. The molecule has 1 N–H and O–H groups in total. The van der Waals surface area contributed by atoms with Crippen LogP contribution < -0.4 is 10.2 Å². The van der Waals surface area contributed by atoms with Crippen molar-refractivity contribution in [1.29, 1.82) is 0 Å². The van der Waals surface area contributed by atoms with E-state index in [1.807, 2.05) is 6.20 Å². The average Bonchev–Trinajstić information content (AvgIpc) is 2.77. The van der Waals surface area contributed by atoms with Crippen LogP contribution in [0.5, 0.6) is 0 Å². The minimum atomic E-state index is 0.748. The molecule has 2 aliphatic rings. The number of aromatic nitrogens is 2. The summed E-state index contributed by atoms with van der Waals surface area (Å²) in [7, 11) is 0. The van der Waals surface area contributed by atoms with Crippen molar-refractivity contribution in [2.24, 2.45) is 5.92 Å². The van der Waals surface area contributed by atoms with Gasteiger partial charge in [0.05, 0.1) is 6.20 Å². The predicted molar refractivity (Wildman–Crippen MR) is 58.8 cm³/mol. The first-order chi connectivity index (χ1) is 7.43. The Kier molecular flexibility index (Phi) is 2.29. The highest BCUT2D eigenvalue weighted by molar-refractivity contribution is 5.36. The van der Waals surface area contributed by atoms with Gasteiger partial charge in [-0.1, -0.05) is 0 Å². The molecule has 0 aromatic carbocycles. The molecular formula is C11H16N4. The highest BCUT2D eigenvalue weighted by Gasteiger charge is 2.32. The molecule has 2 fully saturated rings. The third kappa shape index (κ3) is 1.69. The van der Waals surface area contributed by atoms with Crippen molar-refractivity contribution in [1.82, 2.24) is 15.3 Å². The zero-order valence-corrected chi connectivity index (χ0v) is 8.76. The Morgan fingerprint density at radius 1 is 1.33 bits per heavy atom. The zero-order chi connectivity index (χ0) is 10.1. The summed E-state index contributed by atoms with van der Waals surface area (Å²) in [5, 5.41) is 3.57. The molecule has 0 bridgehead atoms. The zero-order valence-electron chi connectivity index (χ0n) is 8.76. The van der Waals surface area contributed by atoms with Crippen LogP contribution >= 0.6 is 0 Å². The molecule has 2 atom stereocenters. The van der Waals surface area contributed by atoms with Crippen molar-refractivity contribution in [3.05, 3.63) is 18.6 Å². The Morgan fingerprint density at radius 3 is 3.20 bits per heavy atom. The second-order valence-corrected chi connectivity index (χ2v) is 4.41. The van der Waals surface area contributed by atoms with E-state index in [0.29, 0.717) is 0 Å². The number of rotatable bonds is 1. The molecule has 4 nitrogen and oxygen atoms in total. The molecule has 3 rings (SSSR count). The molecule has 0 spiro atoms. The predicted octanol–water partition coefficient (Wildman–Crippen LogP) is 0.665. The Labute approximate surface area is 89.7 Å². The summed E-state index contributed by atoms with van der Waals surface area (Å²) in [6, 6.07) is 0.748. The molecule has 2 unspecified atom stereocenters. The fraction of sp³-hybridized carbons (Fsp3) is 0.636. The number of nitrogens with one attached hydrogen (secondary N) is 1. The summed E-state index contributed by atoms with van der Waals surface area (Å²) in [4.78, 5) is 10.8. The van der Waals surface area contributed by atoms with E-state index in [1.165, 1.54) is 19.4 Å². The lowest BCUT2D eigenvalue weighted by atomic mass is 9.93. The number of hydrogen-bond donors (Lipinski definition) is 1.